The molecule has 14 heteroatoms. The van der Waals surface area contributed by atoms with Crippen molar-refractivity contribution in [3.05, 3.63) is 46.6 Å². The molecule has 0 amide bonds. The van der Waals surface area contributed by atoms with Crippen molar-refractivity contribution in [2.75, 3.05) is 47.4 Å². The van der Waals surface area contributed by atoms with Crippen LogP contribution in [0.3, 0.4) is 0 Å². The number of hydrogen-bond acceptors (Lipinski definition) is 8. The van der Waals surface area contributed by atoms with Crippen LogP contribution in [-0.4, -0.2) is 61.8 Å². The van der Waals surface area contributed by atoms with Gasteiger partial charge in [-0.25, -0.2) is 13.4 Å². The molecule has 0 aliphatic carbocycles. The third-order valence-corrected chi connectivity index (χ3v) is 6.95. The smallest absolute Gasteiger partial charge is 0.368 e. The predicted octanol–water partition coefficient (Wildman–Crippen LogP) is 3.07. The Labute approximate surface area is 202 Å². The number of benzene rings is 1. The molecule has 4 rings (SSSR count). The van der Waals surface area contributed by atoms with Gasteiger partial charge in [0, 0.05) is 42.0 Å². The Morgan fingerprint density at radius 2 is 1.88 bits per heavy atom. The van der Waals surface area contributed by atoms with Crippen molar-refractivity contribution in [3.8, 4) is 0 Å². The van der Waals surface area contributed by atoms with E-state index in [4.69, 9.17) is 0 Å². The van der Waals surface area contributed by atoms with Gasteiger partial charge in [0.2, 0.25) is 16.0 Å². The molecule has 0 bridgehead atoms. The molecule has 9 nitrogen and oxygen atoms in total. The van der Waals surface area contributed by atoms with Crippen LogP contribution in [0.1, 0.15) is 5.56 Å². The Balaban J connectivity index is 1.45. The fraction of sp³-hybridized carbons (Fsp3) is 0.350. The molecule has 0 radical (unpaired) electrons. The monoisotopic (exact) mass is 559 g/mol. The lowest BCUT2D eigenvalue weighted by Gasteiger charge is -2.39. The topological polar surface area (TPSA) is 112 Å². The van der Waals surface area contributed by atoms with E-state index < -0.39 is 21.8 Å². The van der Waals surface area contributed by atoms with Crippen molar-refractivity contribution >= 4 is 54.4 Å². The molecule has 182 valence electrons. The first-order valence-corrected chi connectivity index (χ1v) is 12.7. The van der Waals surface area contributed by atoms with Gasteiger partial charge in [0.15, 0.2) is 5.65 Å². The molecule has 1 aliphatic rings. The van der Waals surface area contributed by atoms with E-state index in [2.05, 4.69) is 46.2 Å². The fourth-order valence-electron chi connectivity index (χ4n) is 3.34. The third-order valence-electron chi connectivity index (χ3n) is 5.23. The Morgan fingerprint density at radius 1 is 1.18 bits per heavy atom. The van der Waals surface area contributed by atoms with Gasteiger partial charge in [0.05, 0.1) is 16.7 Å². The molecule has 34 heavy (non-hydrogen) atoms. The highest BCUT2D eigenvalue weighted by Crippen LogP contribution is 2.30. The van der Waals surface area contributed by atoms with Crippen molar-refractivity contribution in [2.45, 2.75) is 12.2 Å². The largest absolute Gasteiger partial charge is 0.416 e. The second-order valence-corrected chi connectivity index (χ2v) is 10.5. The number of rotatable bonds is 8. The van der Waals surface area contributed by atoms with E-state index in [1.165, 1.54) is 0 Å². The number of sulfonamides is 1. The van der Waals surface area contributed by atoms with Crippen molar-refractivity contribution < 1.29 is 21.6 Å². The van der Waals surface area contributed by atoms with Crippen LogP contribution in [0, 0.1) is 0 Å². The van der Waals surface area contributed by atoms with E-state index >= 15 is 0 Å². The van der Waals surface area contributed by atoms with E-state index in [0.717, 1.165) is 41.8 Å². The number of likely N-dealkylation sites (N-methyl/N-ethyl adjacent to an activating group) is 1. The van der Waals surface area contributed by atoms with Crippen LogP contribution in [0.15, 0.2) is 41.0 Å². The number of fused-ring (bicyclic) bond motifs is 1. The van der Waals surface area contributed by atoms with Crippen LogP contribution in [0.2, 0.25) is 0 Å². The first-order valence-electron chi connectivity index (χ1n) is 10.2. The van der Waals surface area contributed by atoms with Gasteiger partial charge in [0.1, 0.15) is 5.82 Å². The summed E-state index contributed by atoms with van der Waals surface area (Å²) in [5, 5.41) is 6.83. The Hall–Kier alpha value is -2.71. The lowest BCUT2D eigenvalue weighted by Crippen LogP contribution is -2.57. The first-order chi connectivity index (χ1) is 16.0. The van der Waals surface area contributed by atoms with Crippen molar-refractivity contribution in [1.29, 1.82) is 0 Å². The normalized spacial score (nSPS) is 14.8. The van der Waals surface area contributed by atoms with E-state index in [1.807, 2.05) is 11.9 Å². The van der Waals surface area contributed by atoms with Gasteiger partial charge in [-0.05, 0) is 53.3 Å². The molecule has 3 heterocycles. The molecule has 2 aromatic heterocycles. The number of halogens is 4. The summed E-state index contributed by atoms with van der Waals surface area (Å²) in [5.74, 6) is 0.593. The number of hydrogen-bond donors (Lipinski definition) is 3. The zero-order valence-electron chi connectivity index (χ0n) is 17.9. The minimum atomic E-state index is -4.49. The molecule has 1 aromatic carbocycles. The second kappa shape index (κ2) is 9.50. The maximum Gasteiger partial charge on any atom is 0.416 e. The summed E-state index contributed by atoms with van der Waals surface area (Å²) in [5.41, 5.74) is -0.339. The number of anilines is 3. The van der Waals surface area contributed by atoms with Crippen molar-refractivity contribution in [1.82, 2.24) is 20.3 Å². The molecule has 3 N–H and O–H groups in total. The molecule has 0 saturated carbocycles. The Kier molecular flexibility index (Phi) is 6.82. The second-order valence-electron chi connectivity index (χ2n) is 7.71. The van der Waals surface area contributed by atoms with Crippen LogP contribution in [-0.2, 0) is 16.2 Å². The van der Waals surface area contributed by atoms with E-state index in [1.54, 1.807) is 12.3 Å². The van der Waals surface area contributed by atoms with Gasteiger partial charge in [-0.3, -0.25) is 4.72 Å². The molecular formula is C20H21BrF3N7O2S. The highest BCUT2D eigenvalue weighted by Gasteiger charge is 2.30. The maximum atomic E-state index is 12.7. The Morgan fingerprint density at radius 3 is 2.53 bits per heavy atom. The van der Waals surface area contributed by atoms with E-state index in [0.29, 0.717) is 28.8 Å². The maximum absolute atomic E-state index is 12.7. The van der Waals surface area contributed by atoms with Crippen molar-refractivity contribution in [3.63, 3.8) is 0 Å². The van der Waals surface area contributed by atoms with Crippen LogP contribution in [0.25, 0.3) is 11.0 Å². The minimum absolute atomic E-state index is 0.00712. The highest BCUT2D eigenvalue weighted by molar-refractivity contribution is 9.10. The lowest BCUT2D eigenvalue weighted by atomic mass is 10.1. The van der Waals surface area contributed by atoms with E-state index in [9.17, 15) is 21.6 Å². The number of nitrogens with zero attached hydrogens (tertiary/aromatic N) is 4. The van der Waals surface area contributed by atoms with Gasteiger partial charge < -0.3 is 15.5 Å². The highest BCUT2D eigenvalue weighted by atomic mass is 79.9. The summed E-state index contributed by atoms with van der Waals surface area (Å²) >= 11 is 3.37. The predicted molar refractivity (Wildman–Crippen MR) is 127 cm³/mol. The lowest BCUT2D eigenvalue weighted by molar-refractivity contribution is -0.137. The number of nitrogens with one attached hydrogen (secondary N) is 3. The molecule has 0 unspecified atom stereocenters. The fourth-order valence-corrected chi connectivity index (χ4v) is 4.64. The number of pyridine rings is 1. The summed E-state index contributed by atoms with van der Waals surface area (Å²) in [6.45, 7) is 1.49. The van der Waals surface area contributed by atoms with Crippen LogP contribution in [0.5, 0.6) is 0 Å². The molecule has 0 atom stereocenters. The SMILES string of the molecule is CNC1CN(c2nc(NCCS(=O)(=O)Nc3ccc(C(F)(F)F)cc3)c3cc(Br)cnc3n2)C1. The molecule has 1 saturated heterocycles. The van der Waals surface area contributed by atoms with Gasteiger partial charge in [-0.2, -0.15) is 23.1 Å². The van der Waals surface area contributed by atoms with Crippen LogP contribution >= 0.6 is 15.9 Å². The molecule has 1 fully saturated rings. The van der Waals surface area contributed by atoms with Crippen LogP contribution < -0.4 is 20.3 Å². The quantitative estimate of drug-likeness (QED) is 0.386. The molecule has 3 aromatic rings. The number of alkyl halides is 3. The van der Waals surface area contributed by atoms with Crippen molar-refractivity contribution in [2.24, 2.45) is 0 Å². The van der Waals surface area contributed by atoms with Gasteiger partial charge in [0.25, 0.3) is 0 Å². The summed E-state index contributed by atoms with van der Waals surface area (Å²) in [6.07, 6.45) is -2.87. The summed E-state index contributed by atoms with van der Waals surface area (Å²) in [7, 11) is -1.94. The molecule has 0 spiro atoms. The standard InChI is InChI=1S/C20H21BrF3N7O2S/c1-25-15-10-31(11-15)19-28-17(16-8-13(21)9-27-18(16)29-19)26-6-7-34(32,33)30-14-4-2-12(3-5-14)20(22,23)24/h2-5,8-9,15,25,30H,6-7,10-11H2,1H3,(H,26,27,28,29). The summed E-state index contributed by atoms with van der Waals surface area (Å²) in [4.78, 5) is 15.4. The summed E-state index contributed by atoms with van der Waals surface area (Å²) < 4.78 is 66.0. The zero-order valence-corrected chi connectivity index (χ0v) is 20.3. The average molecular weight is 560 g/mol. The molecular weight excluding hydrogens is 539 g/mol. The van der Waals surface area contributed by atoms with Crippen LogP contribution in [0.4, 0.5) is 30.6 Å². The van der Waals surface area contributed by atoms with Gasteiger partial charge in [-0.15, -0.1) is 0 Å². The van der Waals surface area contributed by atoms with E-state index in [-0.39, 0.29) is 18.0 Å². The van der Waals surface area contributed by atoms with Gasteiger partial charge >= 0.3 is 6.18 Å². The zero-order chi connectivity index (χ0) is 24.5. The molecule has 1 aliphatic heterocycles. The minimum Gasteiger partial charge on any atom is -0.368 e. The number of aromatic nitrogens is 3. The Bertz CT molecular complexity index is 1280. The third kappa shape index (κ3) is 5.67. The average Bonchev–Trinajstić information content (AvgIpc) is 2.72. The van der Waals surface area contributed by atoms with Gasteiger partial charge in [-0.1, -0.05) is 0 Å². The first kappa shape index (κ1) is 24.4. The summed E-state index contributed by atoms with van der Waals surface area (Å²) in [6, 6.07) is 5.93.